The third-order valence-electron chi connectivity index (χ3n) is 2.04. The third-order valence-corrected chi connectivity index (χ3v) is 2.04. The van der Waals surface area contributed by atoms with Gasteiger partial charge in [0.2, 0.25) is 0 Å². The zero-order valence-corrected chi connectivity index (χ0v) is 8.55. The number of benzene rings is 1. The van der Waals surface area contributed by atoms with E-state index in [-0.39, 0.29) is 5.82 Å². The summed E-state index contributed by atoms with van der Waals surface area (Å²) in [5, 5.41) is 3.02. The number of halogens is 1. The van der Waals surface area contributed by atoms with E-state index in [0.29, 0.717) is 6.54 Å². The maximum Gasteiger partial charge on any atom is 0.125 e. The highest BCUT2D eigenvalue weighted by molar-refractivity contribution is 5.69. The van der Waals surface area contributed by atoms with Gasteiger partial charge in [-0.2, -0.15) is 0 Å². The second kappa shape index (κ2) is 4.65. The molecule has 0 saturated heterocycles. The lowest BCUT2D eigenvalue weighted by Gasteiger charge is -2.20. The molecule has 76 valence electrons. The van der Waals surface area contributed by atoms with Gasteiger partial charge in [-0.3, -0.25) is 0 Å². The van der Waals surface area contributed by atoms with Gasteiger partial charge >= 0.3 is 0 Å². The van der Waals surface area contributed by atoms with Gasteiger partial charge in [0.15, 0.2) is 0 Å². The molecule has 0 heterocycles. The first-order chi connectivity index (χ1) is 6.69. The molecule has 1 aromatic rings. The Kier molecular flexibility index (Phi) is 3.51. The van der Waals surface area contributed by atoms with Crippen LogP contribution in [-0.2, 0) is 0 Å². The summed E-state index contributed by atoms with van der Waals surface area (Å²) in [5.41, 5.74) is 1.75. The zero-order valence-electron chi connectivity index (χ0n) is 8.55. The molecule has 0 aliphatic heterocycles. The molecule has 0 unspecified atom stereocenters. The van der Waals surface area contributed by atoms with Gasteiger partial charge < -0.3 is 10.2 Å². The molecular formula is C11H15FN2. The van der Waals surface area contributed by atoms with E-state index in [9.17, 15) is 4.39 Å². The van der Waals surface area contributed by atoms with Crippen molar-refractivity contribution in [2.45, 2.75) is 0 Å². The summed E-state index contributed by atoms with van der Waals surface area (Å²) in [6.07, 6.45) is 1.78. The molecule has 14 heavy (non-hydrogen) atoms. The average molecular weight is 194 g/mol. The van der Waals surface area contributed by atoms with E-state index in [4.69, 9.17) is 0 Å². The SMILES string of the molecule is C=CCN(C)c1cc(F)ccc1NC. The maximum atomic E-state index is 13.0. The number of nitrogens with zero attached hydrogens (tertiary/aromatic N) is 1. The Morgan fingerprint density at radius 1 is 1.57 bits per heavy atom. The van der Waals surface area contributed by atoms with E-state index in [0.717, 1.165) is 11.4 Å². The minimum atomic E-state index is -0.227. The first-order valence-electron chi connectivity index (χ1n) is 4.48. The van der Waals surface area contributed by atoms with Gasteiger partial charge in [0.1, 0.15) is 5.82 Å². The van der Waals surface area contributed by atoms with Crippen molar-refractivity contribution >= 4 is 11.4 Å². The number of rotatable bonds is 4. The molecule has 0 amide bonds. The maximum absolute atomic E-state index is 13.0. The predicted octanol–water partition coefficient (Wildman–Crippen LogP) is 2.49. The van der Waals surface area contributed by atoms with Gasteiger partial charge in [-0.15, -0.1) is 6.58 Å². The van der Waals surface area contributed by atoms with E-state index in [2.05, 4.69) is 11.9 Å². The summed E-state index contributed by atoms with van der Waals surface area (Å²) in [5.74, 6) is -0.227. The van der Waals surface area contributed by atoms with Gasteiger partial charge in [-0.1, -0.05) is 6.08 Å². The molecule has 0 aliphatic rings. The van der Waals surface area contributed by atoms with Gasteiger partial charge in [0, 0.05) is 20.6 Å². The fraction of sp³-hybridized carbons (Fsp3) is 0.273. The smallest absolute Gasteiger partial charge is 0.125 e. The molecule has 0 bridgehead atoms. The largest absolute Gasteiger partial charge is 0.386 e. The lowest BCUT2D eigenvalue weighted by atomic mass is 10.2. The van der Waals surface area contributed by atoms with Crippen LogP contribution in [0.2, 0.25) is 0 Å². The first-order valence-corrected chi connectivity index (χ1v) is 4.48. The molecule has 0 aromatic heterocycles. The van der Waals surface area contributed by atoms with Crippen LogP contribution in [0.5, 0.6) is 0 Å². The van der Waals surface area contributed by atoms with Crippen molar-refractivity contribution in [3.63, 3.8) is 0 Å². The Labute approximate surface area is 84.0 Å². The summed E-state index contributed by atoms with van der Waals surface area (Å²) < 4.78 is 13.0. The van der Waals surface area contributed by atoms with E-state index < -0.39 is 0 Å². The van der Waals surface area contributed by atoms with Gasteiger partial charge in [0.05, 0.1) is 11.4 Å². The highest BCUT2D eigenvalue weighted by atomic mass is 19.1. The summed E-state index contributed by atoms with van der Waals surface area (Å²) in [4.78, 5) is 1.93. The molecule has 0 fully saturated rings. The van der Waals surface area contributed by atoms with Crippen LogP contribution < -0.4 is 10.2 Å². The van der Waals surface area contributed by atoms with Gasteiger partial charge in [0.25, 0.3) is 0 Å². The Balaban J connectivity index is 3.02. The van der Waals surface area contributed by atoms with Crippen molar-refractivity contribution in [1.29, 1.82) is 0 Å². The number of hydrogen-bond donors (Lipinski definition) is 1. The fourth-order valence-corrected chi connectivity index (χ4v) is 1.32. The zero-order chi connectivity index (χ0) is 10.6. The van der Waals surface area contributed by atoms with Crippen LogP contribution in [0.3, 0.4) is 0 Å². The molecule has 1 rings (SSSR count). The lowest BCUT2D eigenvalue weighted by Crippen LogP contribution is -2.18. The monoisotopic (exact) mass is 194 g/mol. The number of hydrogen-bond acceptors (Lipinski definition) is 2. The molecule has 0 radical (unpaired) electrons. The minimum Gasteiger partial charge on any atom is -0.386 e. The van der Waals surface area contributed by atoms with E-state index in [1.165, 1.54) is 12.1 Å². The van der Waals surface area contributed by atoms with Crippen LogP contribution in [0.25, 0.3) is 0 Å². The van der Waals surface area contributed by atoms with Gasteiger partial charge in [-0.05, 0) is 18.2 Å². The molecule has 1 N–H and O–H groups in total. The quantitative estimate of drug-likeness (QED) is 0.741. The Bertz CT molecular complexity index is 323. The van der Waals surface area contributed by atoms with Gasteiger partial charge in [-0.25, -0.2) is 4.39 Å². The third kappa shape index (κ3) is 2.25. The van der Waals surface area contributed by atoms with Crippen molar-refractivity contribution in [2.24, 2.45) is 0 Å². The molecule has 0 spiro atoms. The molecular weight excluding hydrogens is 179 g/mol. The van der Waals surface area contributed by atoms with Crippen LogP contribution in [-0.4, -0.2) is 20.6 Å². The van der Waals surface area contributed by atoms with Crippen LogP contribution in [0, 0.1) is 5.82 Å². The van der Waals surface area contributed by atoms with Crippen LogP contribution in [0.4, 0.5) is 15.8 Å². The average Bonchev–Trinajstić information content (AvgIpc) is 2.18. The molecule has 0 atom stereocenters. The Morgan fingerprint density at radius 3 is 2.86 bits per heavy atom. The van der Waals surface area contributed by atoms with Crippen molar-refractivity contribution < 1.29 is 4.39 Å². The van der Waals surface area contributed by atoms with Crippen LogP contribution in [0.15, 0.2) is 30.9 Å². The Hall–Kier alpha value is -1.51. The summed E-state index contributed by atoms with van der Waals surface area (Å²) in [7, 11) is 3.72. The fourth-order valence-electron chi connectivity index (χ4n) is 1.32. The van der Waals surface area contributed by atoms with Crippen LogP contribution >= 0.6 is 0 Å². The summed E-state index contributed by atoms with van der Waals surface area (Å²) >= 11 is 0. The molecule has 2 nitrogen and oxygen atoms in total. The molecule has 0 saturated carbocycles. The van der Waals surface area contributed by atoms with E-state index >= 15 is 0 Å². The normalized spacial score (nSPS) is 9.64. The lowest BCUT2D eigenvalue weighted by molar-refractivity contribution is 0.627. The highest BCUT2D eigenvalue weighted by Crippen LogP contribution is 2.25. The van der Waals surface area contributed by atoms with Crippen LogP contribution in [0.1, 0.15) is 0 Å². The van der Waals surface area contributed by atoms with E-state index in [1.807, 2.05) is 19.0 Å². The number of anilines is 2. The number of likely N-dealkylation sites (N-methyl/N-ethyl adjacent to an activating group) is 1. The highest BCUT2D eigenvalue weighted by Gasteiger charge is 2.06. The summed E-state index contributed by atoms with van der Waals surface area (Å²) in [6.45, 7) is 4.34. The van der Waals surface area contributed by atoms with Crippen molar-refractivity contribution in [3.8, 4) is 0 Å². The standard InChI is InChI=1S/C11H15FN2/c1-4-7-14(3)11-8-9(12)5-6-10(11)13-2/h4-6,8,13H,1,7H2,2-3H3. The topological polar surface area (TPSA) is 15.3 Å². The second-order valence-electron chi connectivity index (χ2n) is 3.08. The molecule has 1 aromatic carbocycles. The van der Waals surface area contributed by atoms with Crippen molar-refractivity contribution in [3.05, 3.63) is 36.7 Å². The molecule has 0 aliphatic carbocycles. The van der Waals surface area contributed by atoms with Crippen molar-refractivity contribution in [2.75, 3.05) is 30.9 Å². The first kappa shape index (κ1) is 10.6. The minimum absolute atomic E-state index is 0.227. The van der Waals surface area contributed by atoms with Crippen molar-refractivity contribution in [1.82, 2.24) is 0 Å². The number of nitrogens with one attached hydrogen (secondary N) is 1. The Morgan fingerprint density at radius 2 is 2.29 bits per heavy atom. The van der Waals surface area contributed by atoms with E-state index in [1.54, 1.807) is 12.1 Å². The predicted molar refractivity (Wildman–Crippen MR) is 59.4 cm³/mol. The molecule has 3 heteroatoms. The second-order valence-corrected chi connectivity index (χ2v) is 3.08. The summed E-state index contributed by atoms with van der Waals surface area (Å²) in [6, 6.07) is 4.68.